The molecule has 3 aromatic carbocycles. The Hall–Kier alpha value is -3.77. The highest BCUT2D eigenvalue weighted by molar-refractivity contribution is 6.01. The number of likely N-dealkylation sites (tertiary alicyclic amines) is 1. The molecule has 3 saturated heterocycles. The first-order valence-electron chi connectivity index (χ1n) is 16.9. The van der Waals surface area contributed by atoms with Crippen LogP contribution in [-0.2, 0) is 0 Å². The molecule has 0 radical (unpaired) electrons. The van der Waals surface area contributed by atoms with E-state index in [1.807, 2.05) is 0 Å². The zero-order valence-electron chi connectivity index (χ0n) is 26.3. The van der Waals surface area contributed by atoms with Gasteiger partial charge in [-0.2, -0.15) is 9.97 Å². The second-order valence-electron chi connectivity index (χ2n) is 14.9. The maximum atomic E-state index is 16.7. The van der Waals surface area contributed by atoms with Crippen molar-refractivity contribution < 1.29 is 31.8 Å². The molecule has 9 rings (SSSR count). The number of phenols is 1. The van der Waals surface area contributed by atoms with Crippen LogP contribution in [0.25, 0.3) is 32.8 Å². The minimum absolute atomic E-state index is 0.00863. The first-order valence-corrected chi connectivity index (χ1v) is 16.9. The van der Waals surface area contributed by atoms with E-state index in [0.717, 1.165) is 38.3 Å². The van der Waals surface area contributed by atoms with Gasteiger partial charge in [0.25, 0.3) is 0 Å². The van der Waals surface area contributed by atoms with Crippen molar-refractivity contribution in [2.45, 2.75) is 56.5 Å². The molecule has 2 N–H and O–H groups in total. The summed E-state index contributed by atoms with van der Waals surface area (Å²) in [7, 11) is 0. The summed E-state index contributed by atoms with van der Waals surface area (Å²) >= 11 is 0. The standard InChI is InChI=1S/C36H36F5N5O2/c37-28-6-1-19-9-24(47)10-27(29(19)31(28)39)25-4-5-26-32(30(25)38)43-34(44-33(26)46-15-22-2-3-23(16-46)42-22)48-18-35(7-8-35)17-45-13-20-11-36(40,41)12-21(20)14-45/h1,4-6,9-10,20-23,42,47H,2-3,7-8,11-18H2. The SMILES string of the molecule is Oc1cc(-c2ccc3c(N4CC5CCC(C4)N5)nc(OCC4(CN5CC6CC(F)(F)CC6C5)CC4)nc3c2F)c2c(F)c(F)ccc2c1. The van der Waals surface area contributed by atoms with Crippen molar-refractivity contribution in [3.05, 3.63) is 53.8 Å². The minimum atomic E-state index is -2.55. The lowest BCUT2D eigenvalue weighted by Crippen LogP contribution is -2.51. The van der Waals surface area contributed by atoms with Crippen molar-refractivity contribution in [1.29, 1.82) is 0 Å². The molecule has 2 aliphatic carbocycles. The number of aromatic hydroxyl groups is 1. The number of hydrogen-bond donors (Lipinski definition) is 2. The van der Waals surface area contributed by atoms with Crippen molar-refractivity contribution in [2.24, 2.45) is 17.3 Å². The third kappa shape index (κ3) is 5.22. The van der Waals surface area contributed by atoms with E-state index in [1.165, 1.54) is 24.3 Å². The number of halogens is 5. The third-order valence-corrected chi connectivity index (χ3v) is 11.4. The average Bonchev–Trinajstić information content (AvgIpc) is 3.47. The summed E-state index contributed by atoms with van der Waals surface area (Å²) in [5.74, 6) is -5.11. The lowest BCUT2D eigenvalue weighted by Gasteiger charge is -2.34. The van der Waals surface area contributed by atoms with Gasteiger partial charge in [-0.1, -0.05) is 12.1 Å². The van der Waals surface area contributed by atoms with Gasteiger partial charge >= 0.3 is 6.01 Å². The highest BCUT2D eigenvalue weighted by Gasteiger charge is 2.53. The van der Waals surface area contributed by atoms with E-state index in [1.54, 1.807) is 6.07 Å². The number of phenolic OH excluding ortho intramolecular Hbond substituents is 1. The predicted molar refractivity (Wildman–Crippen MR) is 171 cm³/mol. The fourth-order valence-corrected chi connectivity index (χ4v) is 8.90. The van der Waals surface area contributed by atoms with Crippen molar-refractivity contribution in [1.82, 2.24) is 20.2 Å². The molecule has 4 heterocycles. The van der Waals surface area contributed by atoms with E-state index >= 15 is 8.78 Å². The topological polar surface area (TPSA) is 73.8 Å². The monoisotopic (exact) mass is 665 g/mol. The molecule has 12 heteroatoms. The summed E-state index contributed by atoms with van der Waals surface area (Å²) < 4.78 is 80.4. The minimum Gasteiger partial charge on any atom is -0.508 e. The first-order chi connectivity index (χ1) is 23.0. The van der Waals surface area contributed by atoms with Crippen LogP contribution in [0, 0.1) is 34.7 Å². The van der Waals surface area contributed by atoms with Gasteiger partial charge in [0.1, 0.15) is 17.1 Å². The molecule has 2 saturated carbocycles. The van der Waals surface area contributed by atoms with Crippen LogP contribution in [0.3, 0.4) is 0 Å². The van der Waals surface area contributed by atoms with E-state index in [2.05, 4.69) is 20.1 Å². The summed E-state index contributed by atoms with van der Waals surface area (Å²) in [5.41, 5.74) is -0.178. The van der Waals surface area contributed by atoms with Crippen molar-refractivity contribution in [2.75, 3.05) is 44.2 Å². The van der Waals surface area contributed by atoms with Crippen LogP contribution in [0.1, 0.15) is 38.5 Å². The van der Waals surface area contributed by atoms with Crippen LogP contribution >= 0.6 is 0 Å². The number of anilines is 1. The van der Waals surface area contributed by atoms with Gasteiger partial charge in [0.2, 0.25) is 5.92 Å². The van der Waals surface area contributed by atoms with E-state index < -0.39 is 23.4 Å². The molecule has 4 unspecified atom stereocenters. The molecule has 2 bridgehead atoms. The van der Waals surface area contributed by atoms with Gasteiger partial charge in [0.05, 0.1) is 6.61 Å². The van der Waals surface area contributed by atoms with Gasteiger partial charge in [0, 0.05) is 79.4 Å². The van der Waals surface area contributed by atoms with Crippen LogP contribution in [0.5, 0.6) is 11.8 Å². The zero-order chi connectivity index (χ0) is 32.9. The number of fused-ring (bicyclic) bond motifs is 5. The maximum absolute atomic E-state index is 16.7. The molecule has 4 atom stereocenters. The Labute approximate surface area is 274 Å². The highest BCUT2D eigenvalue weighted by Crippen LogP contribution is 2.51. The average molecular weight is 666 g/mol. The number of piperazine rings is 1. The van der Waals surface area contributed by atoms with E-state index in [4.69, 9.17) is 9.72 Å². The predicted octanol–water partition coefficient (Wildman–Crippen LogP) is 6.65. The molecule has 48 heavy (non-hydrogen) atoms. The summed E-state index contributed by atoms with van der Waals surface area (Å²) in [6, 6.07) is 8.65. The fourth-order valence-electron chi connectivity index (χ4n) is 8.90. The second-order valence-corrected chi connectivity index (χ2v) is 14.9. The molecule has 3 aliphatic heterocycles. The number of hydrogen-bond acceptors (Lipinski definition) is 7. The lowest BCUT2D eigenvalue weighted by atomic mass is 9.95. The molecule has 5 fully saturated rings. The molecule has 5 aliphatic rings. The van der Waals surface area contributed by atoms with Gasteiger partial charge in [-0.15, -0.1) is 0 Å². The Morgan fingerprint density at radius 1 is 0.875 bits per heavy atom. The lowest BCUT2D eigenvalue weighted by molar-refractivity contribution is -0.00344. The summed E-state index contributed by atoms with van der Waals surface area (Å²) in [6.07, 6.45) is 3.87. The van der Waals surface area contributed by atoms with Gasteiger partial charge < -0.3 is 25.0 Å². The molecule has 1 aromatic heterocycles. The second kappa shape index (κ2) is 10.9. The Morgan fingerprint density at radius 3 is 2.31 bits per heavy atom. The van der Waals surface area contributed by atoms with E-state index in [-0.39, 0.29) is 81.4 Å². The highest BCUT2D eigenvalue weighted by atomic mass is 19.3. The van der Waals surface area contributed by atoms with Crippen LogP contribution in [0.2, 0.25) is 0 Å². The van der Waals surface area contributed by atoms with Crippen molar-refractivity contribution in [3.63, 3.8) is 0 Å². The number of nitrogens with one attached hydrogen (secondary N) is 1. The van der Waals surface area contributed by atoms with E-state index in [9.17, 15) is 18.3 Å². The molecule has 4 aromatic rings. The number of ether oxygens (including phenoxy) is 1. The van der Waals surface area contributed by atoms with Crippen LogP contribution in [0.4, 0.5) is 27.8 Å². The Bertz CT molecular complexity index is 1930. The maximum Gasteiger partial charge on any atom is 0.319 e. The smallest absolute Gasteiger partial charge is 0.319 e. The number of aromatic nitrogens is 2. The first kappa shape index (κ1) is 30.3. The summed E-state index contributed by atoms with van der Waals surface area (Å²) in [5, 5.41) is 14.6. The van der Waals surface area contributed by atoms with Gasteiger partial charge in [-0.05, 0) is 72.7 Å². The molecule has 0 spiro atoms. The Balaban J connectivity index is 1.06. The molecule has 0 amide bonds. The van der Waals surface area contributed by atoms with Crippen LogP contribution < -0.4 is 15.0 Å². The van der Waals surface area contributed by atoms with Crippen LogP contribution in [0.15, 0.2) is 36.4 Å². The van der Waals surface area contributed by atoms with Crippen molar-refractivity contribution in [3.8, 4) is 22.9 Å². The summed E-state index contributed by atoms with van der Waals surface area (Å²) in [4.78, 5) is 13.8. The van der Waals surface area contributed by atoms with Gasteiger partial charge in [-0.3, -0.25) is 0 Å². The van der Waals surface area contributed by atoms with Crippen molar-refractivity contribution >= 4 is 27.5 Å². The third-order valence-electron chi connectivity index (χ3n) is 11.4. The summed E-state index contributed by atoms with van der Waals surface area (Å²) in [6.45, 7) is 3.78. The number of rotatable bonds is 7. The molecule has 252 valence electrons. The number of nitrogens with zero attached hydrogens (tertiary/aromatic N) is 4. The number of alkyl halides is 2. The Morgan fingerprint density at radius 2 is 1.60 bits per heavy atom. The largest absolute Gasteiger partial charge is 0.508 e. The number of benzene rings is 3. The quantitative estimate of drug-likeness (QED) is 0.214. The molecule has 7 nitrogen and oxygen atoms in total. The van der Waals surface area contributed by atoms with Gasteiger partial charge in [-0.25, -0.2) is 22.0 Å². The Kier molecular flexibility index (Phi) is 6.86. The molecular formula is C36H36F5N5O2. The fraction of sp³-hybridized carbons (Fsp3) is 0.500. The van der Waals surface area contributed by atoms with Gasteiger partial charge in [0.15, 0.2) is 17.5 Å². The molecular weight excluding hydrogens is 629 g/mol. The normalized spacial score (nSPS) is 27.2. The van der Waals surface area contributed by atoms with Crippen LogP contribution in [-0.4, -0.2) is 77.3 Å². The van der Waals surface area contributed by atoms with E-state index in [0.29, 0.717) is 44.0 Å². The zero-order valence-corrected chi connectivity index (χ0v) is 26.3.